The van der Waals surface area contributed by atoms with Crippen molar-refractivity contribution in [2.75, 3.05) is 13.1 Å². The molecule has 2 amide bonds. The van der Waals surface area contributed by atoms with Crippen molar-refractivity contribution in [1.82, 2.24) is 14.8 Å². The summed E-state index contributed by atoms with van der Waals surface area (Å²) in [5.74, 6) is 0.216. The van der Waals surface area contributed by atoms with Crippen molar-refractivity contribution in [3.8, 4) is 0 Å². The van der Waals surface area contributed by atoms with Crippen molar-refractivity contribution in [3.05, 3.63) is 23.0 Å². The van der Waals surface area contributed by atoms with E-state index < -0.39 is 0 Å². The zero-order valence-corrected chi connectivity index (χ0v) is 16.2. The van der Waals surface area contributed by atoms with Gasteiger partial charge >= 0.3 is 0 Å². The van der Waals surface area contributed by atoms with Crippen LogP contribution in [0.15, 0.2) is 6.07 Å². The summed E-state index contributed by atoms with van der Waals surface area (Å²) in [5.41, 5.74) is 2.89. The quantitative estimate of drug-likeness (QED) is 0.857. The van der Waals surface area contributed by atoms with Crippen molar-refractivity contribution < 1.29 is 9.59 Å². The van der Waals surface area contributed by atoms with Gasteiger partial charge in [0, 0.05) is 43.5 Å². The maximum absolute atomic E-state index is 12.7. The number of nitrogens with one attached hydrogen (secondary N) is 1. The number of nitrogens with zero attached hydrogens (tertiary/aromatic N) is 2. The van der Waals surface area contributed by atoms with Gasteiger partial charge in [-0.15, -0.1) is 0 Å². The van der Waals surface area contributed by atoms with Crippen LogP contribution < -0.4 is 5.32 Å². The minimum absolute atomic E-state index is 0.0133. The fourth-order valence-corrected chi connectivity index (χ4v) is 3.75. The van der Waals surface area contributed by atoms with Crippen molar-refractivity contribution in [1.29, 1.82) is 0 Å². The molecule has 1 aromatic rings. The van der Waals surface area contributed by atoms with Crippen LogP contribution in [0.2, 0.25) is 0 Å². The molecule has 1 aliphatic rings. The number of amides is 2. The number of unbranched alkanes of at least 4 members (excludes halogenated alkanes) is 1. The van der Waals surface area contributed by atoms with Gasteiger partial charge in [-0.3, -0.25) is 9.59 Å². The Bertz CT molecular complexity index is 606. The van der Waals surface area contributed by atoms with Crippen LogP contribution in [0.25, 0.3) is 0 Å². The average Bonchev–Trinajstić information content (AvgIpc) is 2.76. The zero-order valence-electron chi connectivity index (χ0n) is 16.2. The van der Waals surface area contributed by atoms with E-state index in [0.717, 1.165) is 62.1 Å². The van der Waals surface area contributed by atoms with Gasteiger partial charge in [0.15, 0.2) is 0 Å². The molecule has 5 nitrogen and oxygen atoms in total. The van der Waals surface area contributed by atoms with Gasteiger partial charge in [-0.05, 0) is 52.5 Å². The summed E-state index contributed by atoms with van der Waals surface area (Å²) >= 11 is 0. The third-order valence-electron chi connectivity index (χ3n) is 5.24. The average molecular weight is 348 g/mol. The molecule has 1 saturated heterocycles. The first kappa shape index (κ1) is 19.5. The molecule has 1 aliphatic heterocycles. The molecule has 0 bridgehead atoms. The molecular formula is C20H33N3O2. The normalized spacial score (nSPS) is 18.1. The summed E-state index contributed by atoms with van der Waals surface area (Å²) in [7, 11) is 0. The third-order valence-corrected chi connectivity index (χ3v) is 5.24. The molecule has 0 aliphatic carbocycles. The van der Waals surface area contributed by atoms with Crippen LogP contribution in [-0.4, -0.2) is 40.4 Å². The van der Waals surface area contributed by atoms with Crippen LogP contribution in [0, 0.1) is 13.8 Å². The van der Waals surface area contributed by atoms with Crippen molar-refractivity contribution in [2.24, 2.45) is 0 Å². The summed E-state index contributed by atoms with van der Waals surface area (Å²) in [5, 5.41) is 3.18. The number of likely N-dealkylation sites (tertiary alicyclic amines) is 1. The van der Waals surface area contributed by atoms with Crippen LogP contribution in [-0.2, 0) is 11.3 Å². The molecule has 0 spiro atoms. The fraction of sp³-hybridized carbons (Fsp3) is 0.700. The fourth-order valence-electron chi connectivity index (χ4n) is 3.75. The van der Waals surface area contributed by atoms with Gasteiger partial charge in [-0.1, -0.05) is 13.3 Å². The summed E-state index contributed by atoms with van der Waals surface area (Å²) in [6.07, 6.45) is 5.61. The Labute approximate surface area is 151 Å². The highest BCUT2D eigenvalue weighted by Crippen LogP contribution is 2.17. The van der Waals surface area contributed by atoms with Gasteiger partial charge in [0.25, 0.3) is 5.91 Å². The molecule has 0 saturated carbocycles. The second kappa shape index (κ2) is 9.07. The molecule has 140 valence electrons. The molecule has 25 heavy (non-hydrogen) atoms. The van der Waals surface area contributed by atoms with Crippen LogP contribution in [0.4, 0.5) is 0 Å². The predicted octanol–water partition coefficient (Wildman–Crippen LogP) is 3.43. The van der Waals surface area contributed by atoms with Crippen molar-refractivity contribution in [3.63, 3.8) is 0 Å². The molecule has 0 aromatic carbocycles. The summed E-state index contributed by atoms with van der Waals surface area (Å²) in [4.78, 5) is 27.1. The van der Waals surface area contributed by atoms with E-state index in [1.54, 1.807) is 0 Å². The SMILES string of the molecule is CCCCC(=O)N1CCCC[C@H](NC(=O)c2cc(C)n(CC)c2C)C1. The molecule has 2 rings (SSSR count). The first-order valence-corrected chi connectivity index (χ1v) is 9.73. The minimum Gasteiger partial charge on any atom is -0.349 e. The van der Waals surface area contributed by atoms with Crippen LogP contribution in [0.5, 0.6) is 0 Å². The first-order valence-electron chi connectivity index (χ1n) is 9.73. The van der Waals surface area contributed by atoms with E-state index in [-0.39, 0.29) is 17.9 Å². The number of carbonyl (C=O) groups is 2. The van der Waals surface area contributed by atoms with E-state index >= 15 is 0 Å². The van der Waals surface area contributed by atoms with Gasteiger partial charge in [-0.2, -0.15) is 0 Å². The second-order valence-electron chi connectivity index (χ2n) is 7.14. The van der Waals surface area contributed by atoms with Crippen molar-refractivity contribution >= 4 is 11.8 Å². The second-order valence-corrected chi connectivity index (χ2v) is 7.14. The number of hydrogen-bond acceptors (Lipinski definition) is 2. The molecule has 1 N–H and O–H groups in total. The van der Waals surface area contributed by atoms with Gasteiger partial charge in [0.2, 0.25) is 5.91 Å². The Morgan fingerprint density at radius 1 is 1.24 bits per heavy atom. The van der Waals surface area contributed by atoms with E-state index in [2.05, 4.69) is 23.7 Å². The number of carbonyl (C=O) groups excluding carboxylic acids is 2. The smallest absolute Gasteiger partial charge is 0.253 e. The highest BCUT2D eigenvalue weighted by molar-refractivity contribution is 5.96. The van der Waals surface area contributed by atoms with E-state index in [9.17, 15) is 9.59 Å². The lowest BCUT2D eigenvalue weighted by Gasteiger charge is -2.25. The van der Waals surface area contributed by atoms with E-state index in [1.165, 1.54) is 0 Å². The maximum Gasteiger partial charge on any atom is 0.253 e. The lowest BCUT2D eigenvalue weighted by atomic mass is 10.1. The molecule has 0 unspecified atom stereocenters. The van der Waals surface area contributed by atoms with Gasteiger partial charge in [-0.25, -0.2) is 0 Å². The highest BCUT2D eigenvalue weighted by Gasteiger charge is 2.24. The van der Waals surface area contributed by atoms with Crippen LogP contribution >= 0.6 is 0 Å². The molecule has 5 heteroatoms. The van der Waals surface area contributed by atoms with Gasteiger partial charge in [0.05, 0.1) is 5.56 Å². The maximum atomic E-state index is 12.7. The topological polar surface area (TPSA) is 54.3 Å². The van der Waals surface area contributed by atoms with Gasteiger partial charge < -0.3 is 14.8 Å². The third kappa shape index (κ3) is 4.86. The summed E-state index contributed by atoms with van der Waals surface area (Å²) in [6.45, 7) is 10.6. The van der Waals surface area contributed by atoms with Gasteiger partial charge in [0.1, 0.15) is 0 Å². The lowest BCUT2D eigenvalue weighted by Crippen LogP contribution is -2.44. The minimum atomic E-state index is -0.0133. The molecule has 2 heterocycles. The first-order chi connectivity index (χ1) is 12.0. The monoisotopic (exact) mass is 347 g/mol. The number of aryl methyl sites for hydroxylation is 1. The molecule has 1 atom stereocenters. The van der Waals surface area contributed by atoms with Crippen molar-refractivity contribution in [2.45, 2.75) is 78.8 Å². The Kier molecular flexibility index (Phi) is 7.09. The van der Waals surface area contributed by atoms with E-state index in [0.29, 0.717) is 13.0 Å². The van der Waals surface area contributed by atoms with E-state index in [4.69, 9.17) is 0 Å². The van der Waals surface area contributed by atoms with E-state index in [1.807, 2.05) is 24.8 Å². The Morgan fingerprint density at radius 3 is 2.64 bits per heavy atom. The number of aromatic nitrogens is 1. The standard InChI is InChI=1S/C20H33N3O2/c1-5-7-11-19(24)22-12-9-8-10-17(14-22)21-20(25)18-13-15(3)23(6-2)16(18)4/h13,17H,5-12,14H2,1-4H3,(H,21,25)/t17-/m0/s1. The Hall–Kier alpha value is -1.78. The Balaban J connectivity index is 2.02. The predicted molar refractivity (Wildman–Crippen MR) is 101 cm³/mol. The molecule has 1 fully saturated rings. The largest absolute Gasteiger partial charge is 0.349 e. The number of rotatable bonds is 6. The highest BCUT2D eigenvalue weighted by atomic mass is 16.2. The molecule has 0 radical (unpaired) electrons. The van der Waals surface area contributed by atoms with Crippen LogP contribution in [0.1, 0.15) is 74.1 Å². The molecule has 1 aromatic heterocycles. The number of hydrogen-bond donors (Lipinski definition) is 1. The molecular weight excluding hydrogens is 314 g/mol. The lowest BCUT2D eigenvalue weighted by molar-refractivity contribution is -0.131. The Morgan fingerprint density at radius 2 is 2.00 bits per heavy atom. The zero-order chi connectivity index (χ0) is 18.4. The van der Waals surface area contributed by atoms with Crippen LogP contribution in [0.3, 0.4) is 0 Å². The summed E-state index contributed by atoms with van der Waals surface area (Å²) in [6, 6.07) is 2.01. The summed E-state index contributed by atoms with van der Waals surface area (Å²) < 4.78 is 2.16.